The second-order valence-corrected chi connectivity index (χ2v) is 7.45. The molecule has 0 radical (unpaired) electrons. The molecule has 1 amide bonds. The molecule has 4 nitrogen and oxygen atoms in total. The van der Waals surface area contributed by atoms with Gasteiger partial charge >= 0.3 is 0 Å². The molecule has 0 bridgehead atoms. The molecule has 1 heterocycles. The fraction of sp³-hybridized carbons (Fsp3) is 0.261. The van der Waals surface area contributed by atoms with E-state index in [2.05, 4.69) is 5.32 Å². The molecule has 0 saturated heterocycles. The van der Waals surface area contributed by atoms with Crippen LogP contribution in [-0.4, -0.2) is 13.0 Å². The highest BCUT2D eigenvalue weighted by molar-refractivity contribution is 6.31. The monoisotopic (exact) mass is 397 g/mol. The zero-order valence-electron chi connectivity index (χ0n) is 17.0. The molecule has 0 atom stereocenters. The van der Waals surface area contributed by atoms with Crippen LogP contribution >= 0.6 is 11.6 Å². The summed E-state index contributed by atoms with van der Waals surface area (Å²) in [6.45, 7) is 9.77. The number of carbonyl (C=O) groups excluding carboxylic acids is 1. The van der Waals surface area contributed by atoms with Crippen LogP contribution in [0.25, 0.3) is 16.5 Å². The summed E-state index contributed by atoms with van der Waals surface area (Å²) < 4.78 is 11.5. The number of anilines is 1. The van der Waals surface area contributed by atoms with Gasteiger partial charge in [-0.15, -0.1) is 0 Å². The summed E-state index contributed by atoms with van der Waals surface area (Å²) in [4.78, 5) is 12.6. The van der Waals surface area contributed by atoms with Crippen LogP contribution in [0.15, 0.2) is 34.8 Å². The van der Waals surface area contributed by atoms with Crippen LogP contribution in [0, 0.1) is 27.7 Å². The molecule has 3 rings (SSSR count). The number of amides is 1. The molecule has 0 aliphatic rings. The van der Waals surface area contributed by atoms with Gasteiger partial charge in [0.25, 0.3) is 0 Å². The molecule has 3 aromatic rings. The maximum atomic E-state index is 12.6. The zero-order valence-corrected chi connectivity index (χ0v) is 17.7. The highest BCUT2D eigenvalue weighted by Gasteiger charge is 2.18. The first-order chi connectivity index (χ1) is 13.2. The lowest BCUT2D eigenvalue weighted by Crippen LogP contribution is -2.10. The predicted octanol–water partition coefficient (Wildman–Crippen LogP) is 6.37. The standard InChI is InChI=1S/C23H24ClNO3/c1-12-7-8-17(24)10-20(12)25-21(26)9-13(2)18-11-19-14(3)16(5)28-23(19)15(4)22(18)27-6/h7-11H,1-6H3,(H,25,26)/b13-9+. The van der Waals surface area contributed by atoms with Crippen molar-refractivity contribution in [1.82, 2.24) is 0 Å². The smallest absolute Gasteiger partial charge is 0.248 e. The van der Waals surface area contributed by atoms with Gasteiger partial charge in [0.1, 0.15) is 17.1 Å². The van der Waals surface area contributed by atoms with Crippen molar-refractivity contribution in [2.24, 2.45) is 0 Å². The summed E-state index contributed by atoms with van der Waals surface area (Å²) in [6.07, 6.45) is 1.58. The molecule has 146 valence electrons. The number of allylic oxidation sites excluding steroid dienone is 1. The summed E-state index contributed by atoms with van der Waals surface area (Å²) in [5.74, 6) is 1.37. The lowest BCUT2D eigenvalue weighted by atomic mass is 9.98. The molecule has 0 aliphatic heterocycles. The Kier molecular flexibility index (Phi) is 5.52. The number of furan rings is 1. The van der Waals surface area contributed by atoms with E-state index in [-0.39, 0.29) is 5.91 Å². The summed E-state index contributed by atoms with van der Waals surface area (Å²) in [6, 6.07) is 7.44. The Hall–Kier alpha value is -2.72. The number of benzene rings is 2. The second kappa shape index (κ2) is 7.72. The van der Waals surface area contributed by atoms with Gasteiger partial charge in [-0.05, 0) is 69.5 Å². The van der Waals surface area contributed by atoms with E-state index < -0.39 is 0 Å². The average Bonchev–Trinajstić information content (AvgIpc) is 2.93. The number of ether oxygens (including phenoxy) is 1. The molecule has 28 heavy (non-hydrogen) atoms. The van der Waals surface area contributed by atoms with Crippen molar-refractivity contribution >= 4 is 39.7 Å². The van der Waals surface area contributed by atoms with Crippen molar-refractivity contribution < 1.29 is 13.9 Å². The number of hydrogen-bond donors (Lipinski definition) is 1. The first kappa shape index (κ1) is 20.0. The van der Waals surface area contributed by atoms with Gasteiger partial charge in [0.2, 0.25) is 5.91 Å². The third-order valence-corrected chi connectivity index (χ3v) is 5.32. The molecule has 0 fully saturated rings. The van der Waals surface area contributed by atoms with Gasteiger partial charge in [-0.25, -0.2) is 0 Å². The number of rotatable bonds is 4. The highest BCUT2D eigenvalue weighted by atomic mass is 35.5. The van der Waals surface area contributed by atoms with E-state index in [9.17, 15) is 4.79 Å². The Bertz CT molecular complexity index is 1110. The van der Waals surface area contributed by atoms with E-state index in [1.165, 1.54) is 0 Å². The van der Waals surface area contributed by atoms with Crippen LogP contribution in [0.2, 0.25) is 5.02 Å². The van der Waals surface area contributed by atoms with Crippen LogP contribution < -0.4 is 10.1 Å². The maximum absolute atomic E-state index is 12.6. The van der Waals surface area contributed by atoms with Crippen molar-refractivity contribution in [1.29, 1.82) is 0 Å². The maximum Gasteiger partial charge on any atom is 0.248 e. The lowest BCUT2D eigenvalue weighted by molar-refractivity contribution is -0.111. The number of hydrogen-bond acceptors (Lipinski definition) is 3. The first-order valence-corrected chi connectivity index (χ1v) is 9.43. The van der Waals surface area contributed by atoms with Crippen molar-refractivity contribution in [2.45, 2.75) is 34.6 Å². The van der Waals surface area contributed by atoms with E-state index in [0.29, 0.717) is 16.5 Å². The van der Waals surface area contributed by atoms with Gasteiger partial charge < -0.3 is 14.5 Å². The minimum Gasteiger partial charge on any atom is -0.496 e. The Morgan fingerprint density at radius 2 is 1.86 bits per heavy atom. The normalized spacial score (nSPS) is 11.8. The molecule has 0 spiro atoms. The Balaban J connectivity index is 2.02. The van der Waals surface area contributed by atoms with Crippen molar-refractivity contribution in [3.05, 3.63) is 63.4 Å². The number of carbonyl (C=O) groups is 1. The van der Waals surface area contributed by atoms with E-state index in [4.69, 9.17) is 20.8 Å². The predicted molar refractivity (Wildman–Crippen MR) is 115 cm³/mol. The van der Waals surface area contributed by atoms with Crippen LogP contribution in [0.1, 0.15) is 34.9 Å². The molecule has 0 aliphatic carbocycles. The largest absolute Gasteiger partial charge is 0.496 e. The summed E-state index contributed by atoms with van der Waals surface area (Å²) in [7, 11) is 1.63. The van der Waals surface area contributed by atoms with E-state index >= 15 is 0 Å². The molecule has 1 aromatic heterocycles. The van der Waals surface area contributed by atoms with Crippen molar-refractivity contribution in [3.8, 4) is 5.75 Å². The minimum atomic E-state index is -0.220. The van der Waals surface area contributed by atoms with E-state index in [1.54, 1.807) is 25.3 Å². The SMILES string of the molecule is COc1c(/C(C)=C/C(=O)Nc2cc(Cl)ccc2C)cc2c(C)c(C)oc2c1C. The number of aryl methyl sites for hydroxylation is 4. The third-order valence-electron chi connectivity index (χ3n) is 5.08. The van der Waals surface area contributed by atoms with Crippen molar-refractivity contribution in [2.75, 3.05) is 12.4 Å². The first-order valence-electron chi connectivity index (χ1n) is 9.06. The van der Waals surface area contributed by atoms with Crippen LogP contribution in [-0.2, 0) is 4.79 Å². The molecule has 1 N–H and O–H groups in total. The molecule has 0 saturated carbocycles. The van der Waals surface area contributed by atoms with Crippen LogP contribution in [0.4, 0.5) is 5.69 Å². The van der Waals surface area contributed by atoms with Gasteiger partial charge in [-0.2, -0.15) is 0 Å². The van der Waals surface area contributed by atoms with Gasteiger partial charge in [-0.1, -0.05) is 17.7 Å². The summed E-state index contributed by atoms with van der Waals surface area (Å²) in [5, 5.41) is 4.51. The third kappa shape index (κ3) is 3.65. The van der Waals surface area contributed by atoms with Gasteiger partial charge in [0.15, 0.2) is 0 Å². The van der Waals surface area contributed by atoms with E-state index in [1.807, 2.05) is 46.8 Å². The molecule has 5 heteroatoms. The number of nitrogens with one attached hydrogen (secondary N) is 1. The van der Waals surface area contributed by atoms with Gasteiger partial charge in [0, 0.05) is 33.3 Å². The minimum absolute atomic E-state index is 0.220. The van der Waals surface area contributed by atoms with Crippen LogP contribution in [0.3, 0.4) is 0 Å². The molecular formula is C23H24ClNO3. The number of fused-ring (bicyclic) bond motifs is 1. The average molecular weight is 398 g/mol. The summed E-state index contributed by atoms with van der Waals surface area (Å²) >= 11 is 6.04. The Labute approximate surface area is 170 Å². The fourth-order valence-corrected chi connectivity index (χ4v) is 3.51. The van der Waals surface area contributed by atoms with E-state index in [0.717, 1.165) is 44.6 Å². The van der Waals surface area contributed by atoms with Crippen LogP contribution in [0.5, 0.6) is 5.75 Å². The molecular weight excluding hydrogens is 374 g/mol. The number of halogens is 1. The lowest BCUT2D eigenvalue weighted by Gasteiger charge is -2.13. The number of methoxy groups -OCH3 is 1. The molecule has 0 unspecified atom stereocenters. The second-order valence-electron chi connectivity index (χ2n) is 7.02. The van der Waals surface area contributed by atoms with Gasteiger partial charge in [-0.3, -0.25) is 4.79 Å². The zero-order chi connectivity index (χ0) is 20.6. The quantitative estimate of drug-likeness (QED) is 0.520. The summed E-state index contributed by atoms with van der Waals surface area (Å²) in [5.41, 5.74) is 6.15. The highest BCUT2D eigenvalue weighted by Crippen LogP contribution is 2.38. The fourth-order valence-electron chi connectivity index (χ4n) is 3.34. The van der Waals surface area contributed by atoms with Crippen molar-refractivity contribution in [3.63, 3.8) is 0 Å². The van der Waals surface area contributed by atoms with Gasteiger partial charge in [0.05, 0.1) is 7.11 Å². The Morgan fingerprint density at radius 1 is 1.14 bits per heavy atom. The molecule has 2 aromatic carbocycles. The topological polar surface area (TPSA) is 51.5 Å². The Morgan fingerprint density at radius 3 is 2.54 bits per heavy atom.